The first-order valence-electron chi connectivity index (χ1n) is 6.72. The van der Waals surface area contributed by atoms with E-state index >= 15 is 0 Å². The fraction of sp³-hybridized carbons (Fsp3) is 0.400. The van der Waals surface area contributed by atoms with Gasteiger partial charge in [0.25, 0.3) is 0 Å². The summed E-state index contributed by atoms with van der Waals surface area (Å²) >= 11 is 0. The summed E-state index contributed by atoms with van der Waals surface area (Å²) in [6.07, 6.45) is 5.24. The lowest BCUT2D eigenvalue weighted by Gasteiger charge is -2.21. The van der Waals surface area contributed by atoms with Gasteiger partial charge in [-0.2, -0.15) is 5.10 Å². The summed E-state index contributed by atoms with van der Waals surface area (Å²) in [4.78, 5) is 0. The van der Waals surface area contributed by atoms with Gasteiger partial charge in [-0.3, -0.25) is 0 Å². The summed E-state index contributed by atoms with van der Waals surface area (Å²) in [6.45, 7) is 0.768. The molecule has 2 N–H and O–H groups in total. The molecule has 0 aliphatic heterocycles. The topological polar surface area (TPSA) is 53.1 Å². The lowest BCUT2D eigenvalue weighted by Crippen LogP contribution is -2.22. The molecule has 0 amide bonds. The molecule has 1 aliphatic rings. The van der Waals surface area contributed by atoms with Crippen molar-refractivity contribution < 1.29 is 4.74 Å². The van der Waals surface area contributed by atoms with Crippen molar-refractivity contribution in [3.8, 4) is 11.4 Å². The van der Waals surface area contributed by atoms with Crippen molar-refractivity contribution in [2.75, 3.05) is 13.7 Å². The Bertz CT molecular complexity index is 577. The van der Waals surface area contributed by atoms with Crippen molar-refractivity contribution in [1.29, 1.82) is 0 Å². The first kappa shape index (κ1) is 12.2. The summed E-state index contributed by atoms with van der Waals surface area (Å²) in [5, 5.41) is 4.53. The third kappa shape index (κ3) is 2.24. The van der Waals surface area contributed by atoms with Crippen LogP contribution in [-0.4, -0.2) is 23.4 Å². The number of hydrogen-bond acceptors (Lipinski definition) is 3. The molecule has 0 fully saturated rings. The van der Waals surface area contributed by atoms with Gasteiger partial charge in [-0.1, -0.05) is 6.07 Å². The van der Waals surface area contributed by atoms with Gasteiger partial charge in [0.15, 0.2) is 0 Å². The number of nitrogens with two attached hydrogens (primary N) is 1. The minimum absolute atomic E-state index is 0.607. The normalized spacial score (nSPS) is 18.1. The van der Waals surface area contributed by atoms with Crippen molar-refractivity contribution >= 4 is 0 Å². The van der Waals surface area contributed by atoms with Crippen LogP contribution < -0.4 is 10.5 Å². The molecule has 1 atom stereocenters. The van der Waals surface area contributed by atoms with Gasteiger partial charge in [0.05, 0.1) is 19.0 Å². The van der Waals surface area contributed by atoms with Crippen molar-refractivity contribution in [2.45, 2.75) is 19.3 Å². The number of rotatable bonds is 3. The molecule has 4 heteroatoms. The van der Waals surface area contributed by atoms with Crippen LogP contribution in [0.1, 0.15) is 17.7 Å². The summed E-state index contributed by atoms with van der Waals surface area (Å²) in [5.41, 5.74) is 9.49. The van der Waals surface area contributed by atoms with Crippen LogP contribution in [0.3, 0.4) is 0 Å². The number of benzene rings is 1. The summed E-state index contributed by atoms with van der Waals surface area (Å²) in [6, 6.07) is 8.02. The number of ether oxygens (including phenoxy) is 1. The van der Waals surface area contributed by atoms with E-state index in [0.717, 1.165) is 37.2 Å². The molecular weight excluding hydrogens is 238 g/mol. The molecule has 19 heavy (non-hydrogen) atoms. The Morgan fingerprint density at radius 2 is 2.37 bits per heavy atom. The van der Waals surface area contributed by atoms with Crippen molar-refractivity contribution in [3.63, 3.8) is 0 Å². The van der Waals surface area contributed by atoms with Gasteiger partial charge in [-0.05, 0) is 49.4 Å². The molecule has 100 valence electrons. The summed E-state index contributed by atoms with van der Waals surface area (Å²) in [5.74, 6) is 1.47. The molecule has 0 saturated carbocycles. The van der Waals surface area contributed by atoms with E-state index in [0.29, 0.717) is 5.92 Å². The molecule has 0 spiro atoms. The molecular formula is C15H19N3O. The van der Waals surface area contributed by atoms with E-state index < -0.39 is 0 Å². The molecule has 3 rings (SSSR count). The van der Waals surface area contributed by atoms with E-state index in [1.807, 2.05) is 29.1 Å². The molecule has 1 heterocycles. The highest BCUT2D eigenvalue weighted by atomic mass is 16.5. The predicted molar refractivity (Wildman–Crippen MR) is 74.7 cm³/mol. The molecule has 1 aromatic heterocycles. The Kier molecular flexibility index (Phi) is 3.25. The highest BCUT2D eigenvalue weighted by molar-refractivity contribution is 5.41. The van der Waals surface area contributed by atoms with Crippen LogP contribution in [0.2, 0.25) is 0 Å². The molecule has 1 aliphatic carbocycles. The van der Waals surface area contributed by atoms with E-state index in [-0.39, 0.29) is 0 Å². The Morgan fingerprint density at radius 1 is 1.47 bits per heavy atom. The standard InChI is InChI=1S/C15H19N3O/c1-19-14-4-2-3-13(8-14)18-15-6-5-11(9-16)7-12(15)10-17-18/h2-4,8,10-11H,5-7,9,16H2,1H3. The number of fused-ring (bicyclic) bond motifs is 1. The van der Waals surface area contributed by atoms with Crippen LogP contribution in [0.4, 0.5) is 0 Å². The Balaban J connectivity index is 1.96. The van der Waals surface area contributed by atoms with Crippen molar-refractivity contribution in [1.82, 2.24) is 9.78 Å². The SMILES string of the molecule is COc1cccc(-n2ncc3c2CCC(CN)C3)c1. The molecule has 2 aromatic rings. The highest BCUT2D eigenvalue weighted by Gasteiger charge is 2.22. The summed E-state index contributed by atoms with van der Waals surface area (Å²) < 4.78 is 7.31. The largest absolute Gasteiger partial charge is 0.497 e. The number of hydrogen-bond donors (Lipinski definition) is 1. The maximum absolute atomic E-state index is 5.77. The second-order valence-electron chi connectivity index (χ2n) is 5.07. The zero-order valence-electron chi connectivity index (χ0n) is 11.2. The Morgan fingerprint density at radius 3 is 3.16 bits per heavy atom. The van der Waals surface area contributed by atoms with Crippen LogP contribution in [0.5, 0.6) is 5.75 Å². The Hall–Kier alpha value is -1.81. The van der Waals surface area contributed by atoms with E-state index in [1.54, 1.807) is 7.11 Å². The van der Waals surface area contributed by atoms with Gasteiger partial charge in [0.2, 0.25) is 0 Å². The van der Waals surface area contributed by atoms with Crippen LogP contribution in [-0.2, 0) is 12.8 Å². The zero-order chi connectivity index (χ0) is 13.2. The fourth-order valence-corrected chi connectivity index (χ4v) is 2.76. The molecule has 4 nitrogen and oxygen atoms in total. The minimum atomic E-state index is 0.607. The molecule has 0 bridgehead atoms. The quantitative estimate of drug-likeness (QED) is 0.914. The number of aromatic nitrogens is 2. The zero-order valence-corrected chi connectivity index (χ0v) is 11.2. The first-order chi connectivity index (χ1) is 9.31. The van der Waals surface area contributed by atoms with Gasteiger partial charge >= 0.3 is 0 Å². The van der Waals surface area contributed by atoms with E-state index in [2.05, 4.69) is 11.2 Å². The van der Waals surface area contributed by atoms with Crippen LogP contribution in [0.15, 0.2) is 30.5 Å². The molecule has 0 saturated heterocycles. The van der Waals surface area contributed by atoms with Gasteiger partial charge in [0, 0.05) is 11.8 Å². The maximum atomic E-state index is 5.77. The predicted octanol–water partition coefficient (Wildman–Crippen LogP) is 1.94. The van der Waals surface area contributed by atoms with Crippen molar-refractivity contribution in [3.05, 3.63) is 41.7 Å². The molecule has 1 unspecified atom stereocenters. The third-order valence-electron chi connectivity index (χ3n) is 3.88. The van der Waals surface area contributed by atoms with Crippen LogP contribution in [0, 0.1) is 5.92 Å². The van der Waals surface area contributed by atoms with Gasteiger partial charge in [-0.15, -0.1) is 0 Å². The highest BCUT2D eigenvalue weighted by Crippen LogP contribution is 2.27. The van der Waals surface area contributed by atoms with Gasteiger partial charge in [0.1, 0.15) is 5.75 Å². The van der Waals surface area contributed by atoms with Gasteiger partial charge < -0.3 is 10.5 Å². The van der Waals surface area contributed by atoms with Crippen LogP contribution in [0.25, 0.3) is 5.69 Å². The fourth-order valence-electron chi connectivity index (χ4n) is 2.76. The van der Waals surface area contributed by atoms with Crippen molar-refractivity contribution in [2.24, 2.45) is 11.7 Å². The second kappa shape index (κ2) is 5.05. The van der Waals surface area contributed by atoms with Crippen LogP contribution >= 0.6 is 0 Å². The third-order valence-corrected chi connectivity index (χ3v) is 3.88. The maximum Gasteiger partial charge on any atom is 0.121 e. The monoisotopic (exact) mass is 257 g/mol. The van der Waals surface area contributed by atoms with E-state index in [9.17, 15) is 0 Å². The Labute approximate surface area is 113 Å². The van der Waals surface area contributed by atoms with E-state index in [4.69, 9.17) is 10.5 Å². The van der Waals surface area contributed by atoms with E-state index in [1.165, 1.54) is 11.3 Å². The number of methoxy groups -OCH3 is 1. The molecule has 0 radical (unpaired) electrons. The first-order valence-corrected chi connectivity index (χ1v) is 6.72. The lowest BCUT2D eigenvalue weighted by atomic mass is 9.88. The number of nitrogens with zero attached hydrogens (tertiary/aromatic N) is 2. The smallest absolute Gasteiger partial charge is 0.121 e. The molecule has 1 aromatic carbocycles. The second-order valence-corrected chi connectivity index (χ2v) is 5.07. The minimum Gasteiger partial charge on any atom is -0.497 e. The van der Waals surface area contributed by atoms with Gasteiger partial charge in [-0.25, -0.2) is 4.68 Å². The average Bonchev–Trinajstić information content (AvgIpc) is 2.90. The lowest BCUT2D eigenvalue weighted by molar-refractivity contribution is 0.414. The summed E-state index contributed by atoms with van der Waals surface area (Å²) in [7, 11) is 1.68. The average molecular weight is 257 g/mol.